The van der Waals surface area contributed by atoms with Crippen molar-refractivity contribution in [2.24, 2.45) is 5.73 Å². The van der Waals surface area contributed by atoms with Crippen LogP contribution < -0.4 is 5.73 Å². The summed E-state index contributed by atoms with van der Waals surface area (Å²) < 4.78 is 30.5. The van der Waals surface area contributed by atoms with Crippen molar-refractivity contribution in [3.8, 4) is 0 Å². The molecule has 0 spiro atoms. The Morgan fingerprint density at radius 3 is 1.82 bits per heavy atom. The predicted molar refractivity (Wildman–Crippen MR) is 92.5 cm³/mol. The van der Waals surface area contributed by atoms with Crippen LogP contribution in [0.2, 0.25) is 0 Å². The first kappa shape index (κ1) is 22.1. The van der Waals surface area contributed by atoms with E-state index < -0.39 is 13.4 Å². The van der Waals surface area contributed by atoms with Gasteiger partial charge in [0.05, 0.1) is 19.8 Å². The average Bonchev–Trinajstić information content (AvgIpc) is 2.52. The van der Waals surface area contributed by atoms with Gasteiger partial charge in [-0.1, -0.05) is 40.0 Å². The van der Waals surface area contributed by atoms with E-state index in [9.17, 15) is 4.57 Å². The molecule has 0 radical (unpaired) electrons. The summed E-state index contributed by atoms with van der Waals surface area (Å²) in [7, 11) is -2.98. The Morgan fingerprint density at radius 2 is 1.36 bits per heavy atom. The molecule has 0 heterocycles. The summed E-state index contributed by atoms with van der Waals surface area (Å²) in [4.78, 5) is 0. The summed E-state index contributed by atoms with van der Waals surface area (Å²) in [6.45, 7) is 8.38. The maximum Gasteiger partial charge on any atom is 0.257 e. The molecule has 1 atom stereocenters. The Hall–Kier alpha value is 0.0700. The highest BCUT2D eigenvalue weighted by Gasteiger charge is 2.35. The minimum atomic E-state index is -2.98. The van der Waals surface area contributed by atoms with Gasteiger partial charge in [-0.25, -0.2) is 0 Å². The van der Waals surface area contributed by atoms with Gasteiger partial charge in [0.25, 0.3) is 7.37 Å². The number of hydrogen-bond donors (Lipinski definition) is 1. The van der Waals surface area contributed by atoms with Gasteiger partial charge in [-0.2, -0.15) is 0 Å². The number of unbranched alkanes of at least 4 members (excludes halogenated alkanes) is 3. The monoisotopic (exact) mass is 337 g/mol. The van der Waals surface area contributed by atoms with E-state index in [4.69, 9.17) is 19.7 Å². The molecular weight excluding hydrogens is 301 g/mol. The molecule has 0 amide bonds. The number of rotatable bonds is 16. The van der Waals surface area contributed by atoms with Gasteiger partial charge < -0.3 is 19.7 Å². The summed E-state index contributed by atoms with van der Waals surface area (Å²) in [6, 6.07) is -0.742. The van der Waals surface area contributed by atoms with Gasteiger partial charge in [-0.05, 0) is 32.2 Å². The molecule has 0 aliphatic heterocycles. The van der Waals surface area contributed by atoms with Gasteiger partial charge in [-0.3, -0.25) is 4.57 Å². The molecule has 0 fully saturated rings. The lowest BCUT2D eigenvalue weighted by molar-refractivity contribution is -0.0979. The minimum Gasteiger partial charge on any atom is -0.344 e. The molecule has 0 rings (SSSR count). The molecule has 22 heavy (non-hydrogen) atoms. The summed E-state index contributed by atoms with van der Waals surface area (Å²) >= 11 is 0. The fourth-order valence-electron chi connectivity index (χ4n) is 1.84. The van der Waals surface area contributed by atoms with Crippen molar-refractivity contribution in [1.82, 2.24) is 0 Å². The average molecular weight is 337 g/mol. The SMILES string of the molecule is CCCCOC(OCCCC)P(=O)(CCCN)OCCCC. The molecule has 2 N–H and O–H groups in total. The molecule has 0 aliphatic carbocycles. The van der Waals surface area contributed by atoms with Crippen LogP contribution in [0.15, 0.2) is 0 Å². The zero-order valence-electron chi connectivity index (χ0n) is 14.7. The molecule has 5 nitrogen and oxygen atoms in total. The number of nitrogens with two attached hydrogens (primary N) is 1. The molecule has 0 saturated heterocycles. The lowest BCUT2D eigenvalue weighted by Gasteiger charge is -2.27. The molecule has 0 saturated carbocycles. The van der Waals surface area contributed by atoms with Crippen LogP contribution in [0.5, 0.6) is 0 Å². The maximum absolute atomic E-state index is 13.2. The molecule has 0 aromatic rings. The molecule has 0 bridgehead atoms. The van der Waals surface area contributed by atoms with Gasteiger partial charge >= 0.3 is 0 Å². The Morgan fingerprint density at radius 1 is 0.864 bits per heavy atom. The van der Waals surface area contributed by atoms with Gasteiger partial charge in [0.1, 0.15) is 0 Å². The highest BCUT2D eigenvalue weighted by molar-refractivity contribution is 7.59. The van der Waals surface area contributed by atoms with E-state index in [1.54, 1.807) is 0 Å². The van der Waals surface area contributed by atoms with Crippen LogP contribution in [0, 0.1) is 0 Å². The fourth-order valence-corrected chi connectivity index (χ4v) is 4.03. The summed E-state index contributed by atoms with van der Waals surface area (Å²) in [5, 5.41) is 0. The van der Waals surface area contributed by atoms with Crippen LogP contribution in [0.3, 0.4) is 0 Å². The molecular formula is C16H36NO4P. The summed E-state index contributed by atoms with van der Waals surface area (Å²) in [5.41, 5.74) is 5.58. The zero-order valence-corrected chi connectivity index (χ0v) is 15.6. The van der Waals surface area contributed by atoms with Gasteiger partial charge in [0.15, 0.2) is 0 Å². The van der Waals surface area contributed by atoms with Crippen molar-refractivity contribution >= 4 is 7.37 Å². The van der Waals surface area contributed by atoms with Gasteiger partial charge in [0.2, 0.25) is 6.03 Å². The third kappa shape index (κ3) is 9.96. The normalized spacial score (nSPS) is 14.4. The van der Waals surface area contributed by atoms with E-state index in [0.29, 0.717) is 38.9 Å². The Balaban J connectivity index is 4.75. The molecule has 134 valence electrons. The zero-order chi connectivity index (χ0) is 16.7. The minimum absolute atomic E-state index is 0.427. The van der Waals surface area contributed by atoms with Crippen molar-refractivity contribution in [3.05, 3.63) is 0 Å². The third-order valence-corrected chi connectivity index (χ3v) is 5.82. The smallest absolute Gasteiger partial charge is 0.257 e. The van der Waals surface area contributed by atoms with E-state index in [-0.39, 0.29) is 0 Å². The first-order valence-corrected chi connectivity index (χ1v) is 10.7. The fraction of sp³-hybridized carbons (Fsp3) is 1.00. The Bertz CT molecular complexity index is 279. The van der Waals surface area contributed by atoms with Crippen LogP contribution in [0.4, 0.5) is 0 Å². The van der Waals surface area contributed by atoms with Crippen LogP contribution in [-0.4, -0.2) is 38.6 Å². The van der Waals surface area contributed by atoms with Crippen LogP contribution >= 0.6 is 7.37 Å². The van der Waals surface area contributed by atoms with Crippen molar-refractivity contribution in [3.63, 3.8) is 0 Å². The van der Waals surface area contributed by atoms with Crippen LogP contribution in [-0.2, 0) is 18.6 Å². The second kappa shape index (κ2) is 14.6. The van der Waals surface area contributed by atoms with Crippen molar-refractivity contribution < 1.29 is 18.6 Å². The number of hydrogen-bond acceptors (Lipinski definition) is 5. The predicted octanol–water partition coefficient (Wildman–Crippen LogP) is 4.35. The summed E-state index contributed by atoms with van der Waals surface area (Å²) in [5.74, 6) is 0. The molecule has 0 aliphatic rings. The highest BCUT2D eigenvalue weighted by Crippen LogP contribution is 2.53. The van der Waals surface area contributed by atoms with Crippen molar-refractivity contribution in [2.75, 3.05) is 32.5 Å². The van der Waals surface area contributed by atoms with E-state index in [1.807, 2.05) is 0 Å². The molecule has 1 unspecified atom stereocenters. The van der Waals surface area contributed by atoms with Crippen molar-refractivity contribution in [2.45, 2.75) is 71.7 Å². The second-order valence-corrected chi connectivity index (χ2v) is 8.11. The maximum atomic E-state index is 13.2. The van der Waals surface area contributed by atoms with Gasteiger partial charge in [0, 0.05) is 6.16 Å². The quantitative estimate of drug-likeness (QED) is 0.258. The Labute approximate surface area is 136 Å². The van der Waals surface area contributed by atoms with Crippen LogP contribution in [0.25, 0.3) is 0 Å². The van der Waals surface area contributed by atoms with Crippen molar-refractivity contribution in [1.29, 1.82) is 0 Å². The number of ether oxygens (including phenoxy) is 2. The van der Waals surface area contributed by atoms with E-state index in [0.717, 1.165) is 38.5 Å². The first-order chi connectivity index (χ1) is 10.6. The van der Waals surface area contributed by atoms with Gasteiger partial charge in [-0.15, -0.1) is 0 Å². The molecule has 0 aromatic carbocycles. The molecule has 6 heteroatoms. The largest absolute Gasteiger partial charge is 0.344 e. The van der Waals surface area contributed by atoms with E-state index in [1.165, 1.54) is 0 Å². The van der Waals surface area contributed by atoms with E-state index >= 15 is 0 Å². The van der Waals surface area contributed by atoms with E-state index in [2.05, 4.69) is 20.8 Å². The lowest BCUT2D eigenvalue weighted by Crippen LogP contribution is -2.23. The Kier molecular flexibility index (Phi) is 14.7. The topological polar surface area (TPSA) is 70.8 Å². The second-order valence-electron chi connectivity index (χ2n) is 5.53. The first-order valence-electron chi connectivity index (χ1n) is 8.81. The highest BCUT2D eigenvalue weighted by atomic mass is 31.2. The lowest BCUT2D eigenvalue weighted by atomic mass is 10.4. The summed E-state index contributed by atoms with van der Waals surface area (Å²) in [6.07, 6.45) is 6.92. The van der Waals surface area contributed by atoms with Crippen LogP contribution in [0.1, 0.15) is 65.7 Å². The standard InChI is InChI=1S/C16H36NO4P/c1-4-7-12-19-16(20-13-8-5-2)22(18,15-10-11-17)21-14-9-6-3/h16H,4-15,17H2,1-3H3. The third-order valence-electron chi connectivity index (χ3n) is 3.32. The molecule has 0 aromatic heterocycles.